The maximum Gasteiger partial charge on any atom is 0.125 e. The molecule has 0 spiro atoms. The van der Waals surface area contributed by atoms with Crippen molar-refractivity contribution in [1.29, 1.82) is 5.26 Å². The molecule has 1 atom stereocenters. The second kappa shape index (κ2) is 6.46. The highest BCUT2D eigenvalue weighted by Crippen LogP contribution is 2.32. The second-order valence-corrected chi connectivity index (χ2v) is 5.40. The summed E-state index contributed by atoms with van der Waals surface area (Å²) in [5, 5.41) is 26.3. The largest absolute Gasteiger partial charge is 0.507 e. The molecular weight excluding hydrogens is 276 g/mol. The fourth-order valence-corrected chi connectivity index (χ4v) is 2.77. The quantitative estimate of drug-likeness (QED) is 0.810. The number of phenols is 1. The molecule has 2 aromatic rings. The number of aromatic nitrogens is 1. The lowest BCUT2D eigenvalue weighted by atomic mass is 10.0. The van der Waals surface area contributed by atoms with Gasteiger partial charge in [-0.3, -0.25) is 4.98 Å². The van der Waals surface area contributed by atoms with Gasteiger partial charge in [0, 0.05) is 24.3 Å². The number of nitrogens with one attached hydrogen (secondary N) is 2. The fourth-order valence-electron chi connectivity index (χ4n) is 2.77. The zero-order valence-corrected chi connectivity index (χ0v) is 12.2. The molecule has 5 heteroatoms. The van der Waals surface area contributed by atoms with Gasteiger partial charge in [-0.25, -0.2) is 0 Å². The van der Waals surface area contributed by atoms with E-state index in [4.69, 9.17) is 0 Å². The van der Waals surface area contributed by atoms with Crippen molar-refractivity contribution in [2.24, 2.45) is 0 Å². The van der Waals surface area contributed by atoms with Crippen molar-refractivity contribution in [2.75, 3.05) is 18.4 Å². The summed E-state index contributed by atoms with van der Waals surface area (Å²) in [6, 6.07) is 11.3. The Kier molecular flexibility index (Phi) is 4.22. The van der Waals surface area contributed by atoms with Crippen LogP contribution in [0, 0.1) is 11.3 Å². The van der Waals surface area contributed by atoms with Gasteiger partial charge in [0.2, 0.25) is 0 Å². The van der Waals surface area contributed by atoms with E-state index in [0.29, 0.717) is 22.9 Å². The van der Waals surface area contributed by atoms with Crippen LogP contribution in [0.15, 0.2) is 36.5 Å². The molecule has 0 amide bonds. The van der Waals surface area contributed by atoms with Gasteiger partial charge >= 0.3 is 0 Å². The maximum atomic E-state index is 10.0. The minimum Gasteiger partial charge on any atom is -0.507 e. The van der Waals surface area contributed by atoms with Gasteiger partial charge < -0.3 is 15.7 Å². The van der Waals surface area contributed by atoms with E-state index in [-0.39, 0.29) is 5.75 Å². The number of para-hydroxylation sites is 1. The predicted octanol–water partition coefficient (Wildman–Crippen LogP) is 2.49. The fraction of sp³-hybridized carbons (Fsp3) is 0.294. The Labute approximate surface area is 129 Å². The molecule has 1 aliphatic heterocycles. The number of piperidine rings is 1. The number of aromatic hydroxyl groups is 1. The van der Waals surface area contributed by atoms with E-state index >= 15 is 0 Å². The van der Waals surface area contributed by atoms with Crippen LogP contribution in [-0.2, 0) is 0 Å². The summed E-state index contributed by atoms with van der Waals surface area (Å²) in [7, 11) is 0. The van der Waals surface area contributed by atoms with Gasteiger partial charge in [-0.15, -0.1) is 0 Å². The zero-order valence-electron chi connectivity index (χ0n) is 12.2. The van der Waals surface area contributed by atoms with Crippen molar-refractivity contribution in [2.45, 2.75) is 18.9 Å². The molecule has 0 saturated carbocycles. The average Bonchev–Trinajstić information content (AvgIpc) is 2.56. The third kappa shape index (κ3) is 2.87. The first-order valence-electron chi connectivity index (χ1n) is 7.44. The van der Waals surface area contributed by atoms with Gasteiger partial charge in [-0.1, -0.05) is 12.1 Å². The first kappa shape index (κ1) is 14.4. The summed E-state index contributed by atoms with van der Waals surface area (Å²) in [4.78, 5) is 4.30. The van der Waals surface area contributed by atoms with Crippen LogP contribution < -0.4 is 10.6 Å². The molecule has 1 aromatic carbocycles. The van der Waals surface area contributed by atoms with Gasteiger partial charge in [-0.2, -0.15) is 5.26 Å². The highest BCUT2D eigenvalue weighted by atomic mass is 16.3. The summed E-state index contributed by atoms with van der Waals surface area (Å²) in [5.74, 6) is 0.128. The topological polar surface area (TPSA) is 81.0 Å². The molecular formula is C17H18N4O. The molecule has 5 nitrogen and oxygen atoms in total. The van der Waals surface area contributed by atoms with Crippen LogP contribution in [0.3, 0.4) is 0 Å². The second-order valence-electron chi connectivity index (χ2n) is 5.40. The number of pyridine rings is 1. The van der Waals surface area contributed by atoms with Crippen LogP contribution in [0.1, 0.15) is 18.4 Å². The predicted molar refractivity (Wildman–Crippen MR) is 85.6 cm³/mol. The van der Waals surface area contributed by atoms with E-state index < -0.39 is 0 Å². The van der Waals surface area contributed by atoms with Gasteiger partial charge in [0.15, 0.2) is 0 Å². The Morgan fingerprint density at radius 2 is 2.18 bits per heavy atom. The molecule has 3 rings (SSSR count). The van der Waals surface area contributed by atoms with Crippen LogP contribution in [0.4, 0.5) is 5.69 Å². The summed E-state index contributed by atoms with van der Waals surface area (Å²) in [6.07, 6.45) is 3.87. The van der Waals surface area contributed by atoms with Crippen LogP contribution in [0.5, 0.6) is 5.75 Å². The van der Waals surface area contributed by atoms with E-state index in [2.05, 4.69) is 21.7 Å². The first-order chi connectivity index (χ1) is 10.8. The van der Waals surface area contributed by atoms with E-state index in [1.165, 1.54) is 0 Å². The highest BCUT2D eigenvalue weighted by molar-refractivity contribution is 5.77. The van der Waals surface area contributed by atoms with E-state index in [1.807, 2.05) is 12.1 Å². The molecule has 1 aromatic heterocycles. The highest BCUT2D eigenvalue weighted by Gasteiger charge is 2.18. The van der Waals surface area contributed by atoms with E-state index in [0.717, 1.165) is 31.6 Å². The first-order valence-corrected chi connectivity index (χ1v) is 7.44. The SMILES string of the molecule is N#Cc1c(NC2CCCNC2)ccnc1-c1ccccc1O. The molecule has 22 heavy (non-hydrogen) atoms. The number of nitrogens with zero attached hydrogens (tertiary/aromatic N) is 2. The number of anilines is 1. The molecule has 0 radical (unpaired) electrons. The summed E-state index contributed by atoms with van der Waals surface area (Å²) >= 11 is 0. The lowest BCUT2D eigenvalue weighted by molar-refractivity contribution is 0.477. The van der Waals surface area contributed by atoms with Crippen molar-refractivity contribution in [3.8, 4) is 23.1 Å². The third-order valence-corrected chi connectivity index (χ3v) is 3.88. The van der Waals surface area contributed by atoms with Crippen molar-refractivity contribution < 1.29 is 5.11 Å². The van der Waals surface area contributed by atoms with E-state index in [1.54, 1.807) is 24.4 Å². The number of benzene rings is 1. The Hall–Kier alpha value is -2.58. The lowest BCUT2D eigenvalue weighted by Crippen LogP contribution is -2.38. The van der Waals surface area contributed by atoms with Crippen molar-refractivity contribution in [3.63, 3.8) is 0 Å². The number of hydrogen-bond acceptors (Lipinski definition) is 5. The summed E-state index contributed by atoms with van der Waals surface area (Å²) in [6.45, 7) is 1.93. The third-order valence-electron chi connectivity index (χ3n) is 3.88. The van der Waals surface area contributed by atoms with Crippen LogP contribution in [-0.4, -0.2) is 29.2 Å². The molecule has 3 N–H and O–H groups in total. The van der Waals surface area contributed by atoms with Crippen molar-refractivity contribution in [1.82, 2.24) is 10.3 Å². The van der Waals surface area contributed by atoms with Gasteiger partial charge in [0.25, 0.3) is 0 Å². The van der Waals surface area contributed by atoms with Crippen molar-refractivity contribution in [3.05, 3.63) is 42.1 Å². The van der Waals surface area contributed by atoms with Crippen molar-refractivity contribution >= 4 is 5.69 Å². The van der Waals surface area contributed by atoms with Gasteiger partial charge in [0.05, 0.1) is 11.4 Å². The number of nitriles is 1. The van der Waals surface area contributed by atoms with Gasteiger partial charge in [-0.05, 0) is 37.6 Å². The van der Waals surface area contributed by atoms with E-state index in [9.17, 15) is 10.4 Å². The van der Waals surface area contributed by atoms with Crippen LogP contribution in [0.25, 0.3) is 11.3 Å². The smallest absolute Gasteiger partial charge is 0.125 e. The zero-order chi connectivity index (χ0) is 15.4. The minimum atomic E-state index is 0.128. The summed E-state index contributed by atoms with van der Waals surface area (Å²) < 4.78 is 0. The van der Waals surface area contributed by atoms with Gasteiger partial charge in [0.1, 0.15) is 17.4 Å². The maximum absolute atomic E-state index is 10.0. The monoisotopic (exact) mass is 294 g/mol. The standard InChI is InChI=1S/C17H18N4O/c18-10-14-15(21-12-4-3-8-19-11-12)7-9-20-17(14)13-5-1-2-6-16(13)22/h1-2,5-7,9,12,19,22H,3-4,8,11H2,(H,20,21). The Morgan fingerprint density at radius 1 is 1.32 bits per heavy atom. The minimum absolute atomic E-state index is 0.128. The lowest BCUT2D eigenvalue weighted by Gasteiger charge is -2.25. The molecule has 112 valence electrons. The van der Waals surface area contributed by atoms with Crippen LogP contribution in [0.2, 0.25) is 0 Å². The Balaban J connectivity index is 1.97. The molecule has 1 unspecified atom stereocenters. The molecule has 1 fully saturated rings. The van der Waals surface area contributed by atoms with Crippen LogP contribution >= 0.6 is 0 Å². The normalized spacial score (nSPS) is 17.7. The molecule has 1 aliphatic rings. The average molecular weight is 294 g/mol. The summed E-state index contributed by atoms with van der Waals surface area (Å²) in [5.41, 5.74) is 2.32. The number of hydrogen-bond donors (Lipinski definition) is 3. The Bertz CT molecular complexity index is 702. The molecule has 0 bridgehead atoms. The number of rotatable bonds is 3. The molecule has 1 saturated heterocycles. The molecule has 0 aliphatic carbocycles. The Morgan fingerprint density at radius 3 is 2.91 bits per heavy atom. The number of phenolic OH excluding ortho intramolecular Hbond substituents is 1. The molecule has 2 heterocycles.